The number of carbonyl (C=O) groups excluding carboxylic acids is 1. The van der Waals surface area contributed by atoms with Gasteiger partial charge in [-0.2, -0.15) is 0 Å². The number of carboxylic acid groups (broad SMARTS) is 1. The van der Waals surface area contributed by atoms with Gasteiger partial charge in [-0.25, -0.2) is 0 Å². The second kappa shape index (κ2) is 11.0. The lowest BCUT2D eigenvalue weighted by Crippen LogP contribution is -2.27. The summed E-state index contributed by atoms with van der Waals surface area (Å²) in [4.78, 5) is 21.6. The molecule has 18 heavy (non-hydrogen) atoms. The summed E-state index contributed by atoms with van der Waals surface area (Å²) in [5.74, 6) is -0.138. The Balaban J connectivity index is 3.24. The number of amides is 1. The molecule has 0 aromatic heterocycles. The summed E-state index contributed by atoms with van der Waals surface area (Å²) in [5, 5.41) is 11.1. The van der Waals surface area contributed by atoms with Crippen molar-refractivity contribution in [3.05, 3.63) is 0 Å². The lowest BCUT2D eigenvalue weighted by molar-refractivity contribution is -0.138. The van der Waals surface area contributed by atoms with Gasteiger partial charge in [-0.05, 0) is 12.3 Å². The Bertz CT molecular complexity index is 241. The number of ether oxygens (including phenoxy) is 1. The zero-order valence-electron chi connectivity index (χ0n) is 11.4. The normalized spacial score (nSPS) is 10.6. The van der Waals surface area contributed by atoms with E-state index in [2.05, 4.69) is 19.2 Å². The molecule has 0 bridgehead atoms. The van der Waals surface area contributed by atoms with Crippen LogP contribution in [0.2, 0.25) is 0 Å². The highest BCUT2D eigenvalue weighted by Gasteiger charge is 2.01. The molecular weight excluding hydrogens is 234 g/mol. The summed E-state index contributed by atoms with van der Waals surface area (Å²) in [6.45, 7) is 5.36. The fraction of sp³-hybridized carbons (Fsp3) is 0.846. The van der Waals surface area contributed by atoms with Crippen molar-refractivity contribution in [3.8, 4) is 0 Å². The average Bonchev–Trinajstić information content (AvgIpc) is 2.28. The van der Waals surface area contributed by atoms with Gasteiger partial charge in [0.1, 0.15) is 0 Å². The fourth-order valence-electron chi connectivity index (χ4n) is 1.45. The molecule has 0 aliphatic carbocycles. The van der Waals surface area contributed by atoms with Crippen LogP contribution in [0.4, 0.5) is 0 Å². The highest BCUT2D eigenvalue weighted by molar-refractivity contribution is 5.75. The molecule has 0 aliphatic heterocycles. The van der Waals surface area contributed by atoms with Crippen LogP contribution in [-0.4, -0.2) is 36.7 Å². The van der Waals surface area contributed by atoms with Crippen molar-refractivity contribution in [2.45, 2.75) is 46.0 Å². The molecule has 0 aromatic rings. The van der Waals surface area contributed by atoms with Crippen LogP contribution in [0.25, 0.3) is 0 Å². The van der Waals surface area contributed by atoms with Crippen molar-refractivity contribution >= 4 is 11.9 Å². The Morgan fingerprint density at radius 3 is 2.50 bits per heavy atom. The Morgan fingerprint density at radius 2 is 1.89 bits per heavy atom. The van der Waals surface area contributed by atoms with Crippen LogP contribution in [-0.2, 0) is 14.3 Å². The number of nitrogens with one attached hydrogen (secondary N) is 1. The van der Waals surface area contributed by atoms with E-state index in [-0.39, 0.29) is 18.9 Å². The van der Waals surface area contributed by atoms with E-state index in [4.69, 9.17) is 9.84 Å². The predicted molar refractivity (Wildman–Crippen MR) is 69.4 cm³/mol. The van der Waals surface area contributed by atoms with E-state index >= 15 is 0 Å². The third kappa shape index (κ3) is 13.0. The summed E-state index contributed by atoms with van der Waals surface area (Å²) >= 11 is 0. The molecule has 0 aromatic carbocycles. The van der Waals surface area contributed by atoms with Crippen LogP contribution in [0.15, 0.2) is 0 Å². The first kappa shape index (κ1) is 16.9. The topological polar surface area (TPSA) is 75.6 Å². The molecule has 0 atom stereocenters. The molecule has 0 fully saturated rings. The molecule has 5 heteroatoms. The maximum absolute atomic E-state index is 11.4. The Labute approximate surface area is 109 Å². The van der Waals surface area contributed by atoms with E-state index in [1.165, 1.54) is 0 Å². The van der Waals surface area contributed by atoms with E-state index < -0.39 is 5.97 Å². The largest absolute Gasteiger partial charge is 0.481 e. The fourth-order valence-corrected chi connectivity index (χ4v) is 1.45. The van der Waals surface area contributed by atoms with E-state index in [0.29, 0.717) is 25.5 Å². The van der Waals surface area contributed by atoms with Gasteiger partial charge in [0, 0.05) is 13.0 Å². The zero-order valence-corrected chi connectivity index (χ0v) is 11.4. The summed E-state index contributed by atoms with van der Waals surface area (Å²) in [7, 11) is 0. The number of aliphatic carboxylic acids is 1. The smallest absolute Gasteiger partial charge is 0.305 e. The summed E-state index contributed by atoms with van der Waals surface area (Å²) in [6, 6.07) is 0. The molecule has 0 heterocycles. The number of hydrogen-bond donors (Lipinski definition) is 2. The number of unbranched alkanes of at least 4 members (excludes halogenated alkanes) is 1. The molecule has 1 amide bonds. The molecule has 2 N–H and O–H groups in total. The van der Waals surface area contributed by atoms with Gasteiger partial charge in [0.05, 0.1) is 19.6 Å². The van der Waals surface area contributed by atoms with Gasteiger partial charge in [0.25, 0.3) is 0 Å². The van der Waals surface area contributed by atoms with E-state index in [0.717, 1.165) is 19.3 Å². The summed E-state index contributed by atoms with van der Waals surface area (Å²) in [5.41, 5.74) is 0. The van der Waals surface area contributed by atoms with Crippen molar-refractivity contribution in [3.63, 3.8) is 0 Å². The van der Waals surface area contributed by atoms with Gasteiger partial charge in [-0.3, -0.25) is 9.59 Å². The van der Waals surface area contributed by atoms with Gasteiger partial charge in [-0.15, -0.1) is 0 Å². The molecule has 0 spiro atoms. The zero-order chi connectivity index (χ0) is 13.8. The number of carboxylic acids is 1. The van der Waals surface area contributed by atoms with Gasteiger partial charge >= 0.3 is 5.97 Å². The Morgan fingerprint density at radius 1 is 1.17 bits per heavy atom. The molecule has 0 radical (unpaired) electrons. The molecular formula is C13H25NO4. The highest BCUT2D eigenvalue weighted by Crippen LogP contribution is 2.07. The first-order valence-corrected chi connectivity index (χ1v) is 6.58. The maximum atomic E-state index is 11.4. The molecule has 106 valence electrons. The van der Waals surface area contributed by atoms with E-state index in [1.54, 1.807) is 0 Å². The third-order valence-corrected chi connectivity index (χ3v) is 2.46. The average molecular weight is 259 g/mol. The second-order valence-corrected chi connectivity index (χ2v) is 4.75. The van der Waals surface area contributed by atoms with Crippen LogP contribution in [0.3, 0.4) is 0 Å². The Kier molecular flexibility index (Phi) is 10.3. The minimum absolute atomic E-state index is 0.00312. The van der Waals surface area contributed by atoms with Gasteiger partial charge in [-0.1, -0.05) is 26.7 Å². The van der Waals surface area contributed by atoms with Crippen LogP contribution in [0.5, 0.6) is 0 Å². The number of rotatable bonds is 11. The summed E-state index contributed by atoms with van der Waals surface area (Å²) in [6.07, 6.45) is 3.72. The van der Waals surface area contributed by atoms with E-state index in [1.807, 2.05) is 0 Å². The maximum Gasteiger partial charge on any atom is 0.305 e. The van der Waals surface area contributed by atoms with Crippen LogP contribution >= 0.6 is 0 Å². The molecule has 5 nitrogen and oxygen atoms in total. The van der Waals surface area contributed by atoms with Gasteiger partial charge in [0.15, 0.2) is 0 Å². The van der Waals surface area contributed by atoms with E-state index in [9.17, 15) is 9.59 Å². The first-order chi connectivity index (χ1) is 8.52. The predicted octanol–water partition coefficient (Wildman–Crippen LogP) is 1.81. The molecule has 0 unspecified atom stereocenters. The lowest BCUT2D eigenvalue weighted by atomic mass is 10.1. The van der Waals surface area contributed by atoms with Crippen molar-refractivity contribution in [2.75, 3.05) is 19.8 Å². The molecule has 0 aliphatic rings. The van der Waals surface area contributed by atoms with Crippen molar-refractivity contribution in [2.24, 2.45) is 5.92 Å². The van der Waals surface area contributed by atoms with Crippen molar-refractivity contribution in [1.82, 2.24) is 5.32 Å². The second-order valence-electron chi connectivity index (χ2n) is 4.75. The Hall–Kier alpha value is -1.10. The molecule has 0 rings (SSSR count). The lowest BCUT2D eigenvalue weighted by Gasteiger charge is -2.06. The molecule has 0 saturated carbocycles. The van der Waals surface area contributed by atoms with Crippen LogP contribution in [0.1, 0.15) is 46.0 Å². The van der Waals surface area contributed by atoms with Crippen LogP contribution in [0, 0.1) is 5.92 Å². The quantitative estimate of drug-likeness (QED) is 0.555. The highest BCUT2D eigenvalue weighted by atomic mass is 16.5. The summed E-state index contributed by atoms with van der Waals surface area (Å²) < 4.78 is 5.06. The third-order valence-electron chi connectivity index (χ3n) is 2.46. The van der Waals surface area contributed by atoms with Gasteiger partial charge < -0.3 is 15.2 Å². The SMILES string of the molecule is CC(C)CCCCC(=O)NCCOCCC(=O)O. The van der Waals surface area contributed by atoms with Crippen molar-refractivity contribution in [1.29, 1.82) is 0 Å². The first-order valence-electron chi connectivity index (χ1n) is 6.58. The van der Waals surface area contributed by atoms with Gasteiger partial charge in [0.2, 0.25) is 5.91 Å². The standard InChI is InChI=1S/C13H25NO4/c1-11(2)5-3-4-6-12(15)14-8-10-18-9-7-13(16)17/h11H,3-10H2,1-2H3,(H,14,15)(H,16,17). The number of hydrogen-bond acceptors (Lipinski definition) is 3. The molecule has 0 saturated heterocycles. The minimum atomic E-state index is -0.871. The van der Waals surface area contributed by atoms with Crippen LogP contribution < -0.4 is 5.32 Å². The monoisotopic (exact) mass is 259 g/mol. The van der Waals surface area contributed by atoms with Crippen molar-refractivity contribution < 1.29 is 19.4 Å². The number of carbonyl (C=O) groups is 2. The minimum Gasteiger partial charge on any atom is -0.481 e.